The Morgan fingerprint density at radius 3 is 2.50 bits per heavy atom. The molecule has 0 bridgehead atoms. The predicted molar refractivity (Wildman–Crippen MR) is 157 cm³/mol. The molecule has 5 aromatic rings. The minimum Gasteiger partial charge on any atom is -0.493 e. The first kappa shape index (κ1) is 27.1. The molecule has 0 saturated carbocycles. The standard InChI is InChI=1S/C29H25N3O6S2/c1-4-38-29(35)19-13-23(17-8-6-5-7-9-17)40-26(19)31-24(33)14-32-16-30-27-25(28(32)34)20(15-39-27)18-10-11-21(36-2)22(12-18)37-3/h5-13,15-16H,4,14H2,1-3H3,(H,31,33). The van der Waals surface area contributed by atoms with E-state index in [1.807, 2.05) is 41.8 Å². The number of methoxy groups -OCH3 is 2. The van der Waals surface area contributed by atoms with Gasteiger partial charge in [0.25, 0.3) is 5.56 Å². The Hall–Kier alpha value is -4.48. The maximum absolute atomic E-state index is 13.5. The van der Waals surface area contributed by atoms with Gasteiger partial charge in [0.2, 0.25) is 5.91 Å². The van der Waals surface area contributed by atoms with Crippen molar-refractivity contribution in [3.05, 3.63) is 82.2 Å². The normalized spacial score (nSPS) is 10.9. The lowest BCUT2D eigenvalue weighted by Gasteiger charge is -2.10. The molecule has 0 spiro atoms. The van der Waals surface area contributed by atoms with E-state index in [9.17, 15) is 14.4 Å². The number of nitrogens with zero attached hydrogens (tertiary/aromatic N) is 2. The van der Waals surface area contributed by atoms with Crippen LogP contribution in [0.15, 0.2) is 71.1 Å². The van der Waals surface area contributed by atoms with E-state index < -0.39 is 11.9 Å². The maximum atomic E-state index is 13.5. The lowest BCUT2D eigenvalue weighted by molar-refractivity contribution is -0.116. The molecular formula is C29H25N3O6S2. The smallest absolute Gasteiger partial charge is 0.341 e. The van der Waals surface area contributed by atoms with E-state index in [0.717, 1.165) is 16.0 Å². The fourth-order valence-corrected chi connectivity index (χ4v) is 6.18. The molecule has 0 fully saturated rings. The molecule has 0 aliphatic carbocycles. The van der Waals surface area contributed by atoms with Gasteiger partial charge >= 0.3 is 5.97 Å². The van der Waals surface area contributed by atoms with Gasteiger partial charge in [-0.15, -0.1) is 22.7 Å². The van der Waals surface area contributed by atoms with Gasteiger partial charge in [0, 0.05) is 15.8 Å². The van der Waals surface area contributed by atoms with Gasteiger partial charge in [0.05, 0.1) is 38.1 Å². The van der Waals surface area contributed by atoms with Crippen molar-refractivity contribution in [1.29, 1.82) is 0 Å². The van der Waals surface area contributed by atoms with Crippen LogP contribution in [0.1, 0.15) is 17.3 Å². The van der Waals surface area contributed by atoms with Gasteiger partial charge in [-0.2, -0.15) is 0 Å². The molecule has 1 N–H and O–H groups in total. The average molecular weight is 576 g/mol. The summed E-state index contributed by atoms with van der Waals surface area (Å²) in [6.45, 7) is 1.63. The molecule has 0 saturated heterocycles. The monoisotopic (exact) mass is 575 g/mol. The molecule has 11 heteroatoms. The second-order valence-corrected chi connectivity index (χ2v) is 10.5. The van der Waals surface area contributed by atoms with Gasteiger partial charge in [-0.3, -0.25) is 14.2 Å². The van der Waals surface area contributed by atoms with Crippen LogP contribution in [-0.2, 0) is 16.1 Å². The number of anilines is 1. The van der Waals surface area contributed by atoms with Gasteiger partial charge in [-0.25, -0.2) is 9.78 Å². The van der Waals surface area contributed by atoms with E-state index in [1.165, 1.54) is 33.6 Å². The molecule has 9 nitrogen and oxygen atoms in total. The summed E-state index contributed by atoms with van der Waals surface area (Å²) in [5, 5.41) is 5.41. The molecule has 0 aliphatic heterocycles. The number of amides is 1. The summed E-state index contributed by atoms with van der Waals surface area (Å²) < 4.78 is 17.2. The van der Waals surface area contributed by atoms with Crippen LogP contribution in [0, 0.1) is 0 Å². The molecule has 0 atom stereocenters. The van der Waals surface area contributed by atoms with Crippen LogP contribution < -0.4 is 20.3 Å². The van der Waals surface area contributed by atoms with Crippen LogP contribution in [0.5, 0.6) is 11.5 Å². The zero-order chi connectivity index (χ0) is 28.2. The molecule has 40 heavy (non-hydrogen) atoms. The molecule has 0 aliphatic rings. The number of fused-ring (bicyclic) bond motifs is 1. The summed E-state index contributed by atoms with van der Waals surface area (Å²) in [4.78, 5) is 45.0. The number of hydrogen-bond acceptors (Lipinski definition) is 9. The van der Waals surface area contributed by atoms with Gasteiger partial charge in [-0.1, -0.05) is 36.4 Å². The number of carbonyl (C=O) groups excluding carboxylic acids is 2. The first-order valence-electron chi connectivity index (χ1n) is 12.3. The van der Waals surface area contributed by atoms with Crippen molar-refractivity contribution in [3.8, 4) is 33.1 Å². The number of benzene rings is 2. The number of nitrogens with one attached hydrogen (secondary N) is 1. The first-order chi connectivity index (χ1) is 19.4. The zero-order valence-electron chi connectivity index (χ0n) is 21.9. The fourth-order valence-electron chi connectivity index (χ4n) is 4.21. The largest absolute Gasteiger partial charge is 0.493 e. The molecular weight excluding hydrogens is 550 g/mol. The summed E-state index contributed by atoms with van der Waals surface area (Å²) in [5.74, 6) is 0.0998. The third kappa shape index (κ3) is 5.33. The lowest BCUT2D eigenvalue weighted by atomic mass is 10.1. The van der Waals surface area contributed by atoms with Crippen LogP contribution in [0.2, 0.25) is 0 Å². The maximum Gasteiger partial charge on any atom is 0.341 e. The van der Waals surface area contributed by atoms with Crippen molar-refractivity contribution in [2.45, 2.75) is 13.5 Å². The summed E-state index contributed by atoms with van der Waals surface area (Å²) in [5.41, 5.74) is 2.26. The molecule has 5 rings (SSSR count). The highest BCUT2D eigenvalue weighted by molar-refractivity contribution is 7.20. The summed E-state index contributed by atoms with van der Waals surface area (Å²) in [7, 11) is 3.10. The Morgan fingerprint density at radius 2 is 1.77 bits per heavy atom. The number of thiophene rings is 2. The van der Waals surface area contributed by atoms with E-state index in [-0.39, 0.29) is 24.3 Å². The van der Waals surface area contributed by atoms with E-state index in [2.05, 4.69) is 10.3 Å². The minimum atomic E-state index is -0.533. The number of aromatic nitrogens is 2. The minimum absolute atomic E-state index is 0.201. The predicted octanol–water partition coefficient (Wildman–Crippen LogP) is 5.69. The second-order valence-electron chi connectivity index (χ2n) is 8.57. The van der Waals surface area contributed by atoms with Crippen LogP contribution in [0.25, 0.3) is 31.8 Å². The van der Waals surface area contributed by atoms with Gasteiger partial charge < -0.3 is 19.5 Å². The third-order valence-corrected chi connectivity index (χ3v) is 8.09. The Balaban J connectivity index is 1.45. The number of hydrogen-bond donors (Lipinski definition) is 1. The molecule has 1 amide bonds. The average Bonchev–Trinajstić information content (AvgIpc) is 3.60. The summed E-state index contributed by atoms with van der Waals surface area (Å²) in [6.07, 6.45) is 1.36. The van der Waals surface area contributed by atoms with E-state index in [4.69, 9.17) is 14.2 Å². The quantitative estimate of drug-likeness (QED) is 0.225. The van der Waals surface area contributed by atoms with Crippen molar-refractivity contribution < 1.29 is 23.8 Å². The number of carbonyl (C=O) groups is 2. The molecule has 3 aromatic heterocycles. The SMILES string of the molecule is CCOC(=O)c1cc(-c2ccccc2)sc1NC(=O)Cn1cnc2scc(-c3ccc(OC)c(OC)c3)c2c1=O. The van der Waals surface area contributed by atoms with Crippen LogP contribution in [-0.4, -0.2) is 42.3 Å². The van der Waals surface area contributed by atoms with Crippen molar-refractivity contribution in [2.75, 3.05) is 26.1 Å². The van der Waals surface area contributed by atoms with Crippen molar-refractivity contribution in [3.63, 3.8) is 0 Å². The topological polar surface area (TPSA) is 109 Å². The summed E-state index contributed by atoms with van der Waals surface area (Å²) >= 11 is 2.60. The highest BCUT2D eigenvalue weighted by atomic mass is 32.1. The molecule has 204 valence electrons. The Kier molecular flexibility index (Phi) is 7.94. The van der Waals surface area contributed by atoms with Crippen LogP contribution >= 0.6 is 22.7 Å². The first-order valence-corrected chi connectivity index (χ1v) is 14.0. The summed E-state index contributed by atoms with van der Waals surface area (Å²) in [6, 6.07) is 16.6. The Morgan fingerprint density at radius 1 is 1.00 bits per heavy atom. The Bertz CT molecular complexity index is 1760. The number of ether oxygens (including phenoxy) is 3. The van der Waals surface area contributed by atoms with Gasteiger partial charge in [0.1, 0.15) is 16.4 Å². The second kappa shape index (κ2) is 11.7. The van der Waals surface area contributed by atoms with Crippen LogP contribution in [0.3, 0.4) is 0 Å². The Labute approximate surface area is 237 Å². The zero-order valence-corrected chi connectivity index (χ0v) is 23.6. The van der Waals surface area contributed by atoms with E-state index >= 15 is 0 Å². The highest BCUT2D eigenvalue weighted by Crippen LogP contribution is 2.37. The molecule has 2 aromatic carbocycles. The van der Waals surface area contributed by atoms with Gasteiger partial charge in [0.15, 0.2) is 11.5 Å². The van der Waals surface area contributed by atoms with Gasteiger partial charge in [-0.05, 0) is 36.2 Å². The number of esters is 1. The molecule has 3 heterocycles. The molecule has 0 unspecified atom stereocenters. The van der Waals surface area contributed by atoms with Crippen molar-refractivity contribution in [1.82, 2.24) is 9.55 Å². The van der Waals surface area contributed by atoms with E-state index in [1.54, 1.807) is 39.3 Å². The molecule has 0 radical (unpaired) electrons. The van der Waals surface area contributed by atoms with Crippen molar-refractivity contribution >= 4 is 49.8 Å². The highest BCUT2D eigenvalue weighted by Gasteiger charge is 2.21. The third-order valence-electron chi connectivity index (χ3n) is 6.11. The van der Waals surface area contributed by atoms with Crippen molar-refractivity contribution in [2.24, 2.45) is 0 Å². The van der Waals surface area contributed by atoms with E-state index in [0.29, 0.717) is 32.3 Å². The fraction of sp³-hybridized carbons (Fsp3) is 0.172. The lowest BCUT2D eigenvalue weighted by Crippen LogP contribution is -2.28. The van der Waals surface area contributed by atoms with Crippen LogP contribution in [0.4, 0.5) is 5.00 Å². The number of rotatable bonds is 9.